The third-order valence-electron chi connectivity index (χ3n) is 5.42. The van der Waals surface area contributed by atoms with Crippen molar-refractivity contribution in [3.8, 4) is 0 Å². The van der Waals surface area contributed by atoms with Gasteiger partial charge >= 0.3 is 0 Å². The number of likely N-dealkylation sites (N-methyl/N-ethyl adjacent to an activating group) is 1. The number of rotatable bonds is 7. The van der Waals surface area contributed by atoms with Gasteiger partial charge in [-0.1, -0.05) is 43.3 Å². The van der Waals surface area contributed by atoms with Crippen LogP contribution in [0.5, 0.6) is 0 Å². The normalized spacial score (nSPS) is 17.8. The fourth-order valence-electron chi connectivity index (χ4n) is 3.66. The van der Waals surface area contributed by atoms with Gasteiger partial charge in [0.15, 0.2) is 5.69 Å². The molecule has 0 saturated carbocycles. The van der Waals surface area contributed by atoms with Crippen LogP contribution in [0.1, 0.15) is 60.3 Å². The molecule has 1 N–H and O–H groups in total. The molecule has 0 bridgehead atoms. The second-order valence-corrected chi connectivity index (χ2v) is 7.96. The molecule has 1 amide bonds. The molecule has 2 aromatic rings. The lowest BCUT2D eigenvalue weighted by molar-refractivity contribution is 0.0761. The molecule has 7 heteroatoms. The van der Waals surface area contributed by atoms with Crippen LogP contribution >= 0.6 is 0 Å². The Morgan fingerprint density at radius 3 is 2.75 bits per heavy atom. The van der Waals surface area contributed by atoms with Crippen LogP contribution in [0.2, 0.25) is 0 Å². The molecule has 1 aliphatic rings. The number of aliphatic hydroxyl groups is 1. The lowest BCUT2D eigenvalue weighted by Crippen LogP contribution is -2.36. The summed E-state index contributed by atoms with van der Waals surface area (Å²) in [5.41, 5.74) is 3.02. The van der Waals surface area contributed by atoms with Crippen LogP contribution in [0.3, 0.4) is 0 Å². The van der Waals surface area contributed by atoms with E-state index in [0.29, 0.717) is 18.2 Å². The van der Waals surface area contributed by atoms with Gasteiger partial charge in [0.25, 0.3) is 5.91 Å². The van der Waals surface area contributed by atoms with Crippen molar-refractivity contribution in [2.24, 2.45) is 0 Å². The topological polar surface area (TPSA) is 74.5 Å². The van der Waals surface area contributed by atoms with Gasteiger partial charge in [-0.05, 0) is 36.4 Å². The SMILES string of the molecule is CC(C)c1ccc(CN2CCC[C@H](n3cc(C(=O)N(C)CCO)nn3)C2)cc1. The fourth-order valence-corrected chi connectivity index (χ4v) is 3.66. The average Bonchev–Trinajstić information content (AvgIpc) is 3.18. The van der Waals surface area contributed by atoms with Gasteiger partial charge in [0.05, 0.1) is 18.8 Å². The molecule has 28 heavy (non-hydrogen) atoms. The van der Waals surface area contributed by atoms with Gasteiger partial charge in [0, 0.05) is 26.7 Å². The van der Waals surface area contributed by atoms with Crippen molar-refractivity contribution in [3.05, 3.63) is 47.3 Å². The highest BCUT2D eigenvalue weighted by molar-refractivity contribution is 5.91. The van der Waals surface area contributed by atoms with Crippen LogP contribution in [-0.2, 0) is 6.54 Å². The summed E-state index contributed by atoms with van der Waals surface area (Å²) in [6.07, 6.45) is 3.87. The summed E-state index contributed by atoms with van der Waals surface area (Å²) in [6, 6.07) is 9.12. The number of hydrogen-bond acceptors (Lipinski definition) is 5. The number of amides is 1. The van der Waals surface area contributed by atoms with Crippen LogP contribution < -0.4 is 0 Å². The van der Waals surface area contributed by atoms with E-state index in [1.54, 1.807) is 13.2 Å². The molecule has 0 spiro atoms. The van der Waals surface area contributed by atoms with Crippen molar-refractivity contribution < 1.29 is 9.90 Å². The van der Waals surface area contributed by atoms with E-state index in [-0.39, 0.29) is 18.6 Å². The van der Waals surface area contributed by atoms with Crippen LogP contribution in [0.15, 0.2) is 30.5 Å². The highest BCUT2D eigenvalue weighted by atomic mass is 16.3. The van der Waals surface area contributed by atoms with E-state index in [1.165, 1.54) is 16.0 Å². The zero-order valence-corrected chi connectivity index (χ0v) is 17.1. The largest absolute Gasteiger partial charge is 0.395 e. The molecule has 1 atom stereocenters. The Morgan fingerprint density at radius 1 is 1.32 bits per heavy atom. The Balaban J connectivity index is 1.61. The third kappa shape index (κ3) is 4.97. The fraction of sp³-hybridized carbons (Fsp3) is 0.571. The molecule has 2 heterocycles. The maximum absolute atomic E-state index is 12.3. The maximum atomic E-state index is 12.3. The van der Waals surface area contributed by atoms with Gasteiger partial charge in [0.1, 0.15) is 0 Å². The number of aromatic nitrogens is 3. The van der Waals surface area contributed by atoms with E-state index < -0.39 is 0 Å². The monoisotopic (exact) mass is 385 g/mol. The first-order valence-electron chi connectivity index (χ1n) is 10.1. The Bertz CT molecular complexity index is 771. The summed E-state index contributed by atoms with van der Waals surface area (Å²) in [4.78, 5) is 16.2. The number of aliphatic hydroxyl groups excluding tert-OH is 1. The zero-order chi connectivity index (χ0) is 20.1. The van der Waals surface area contributed by atoms with E-state index in [9.17, 15) is 4.79 Å². The molecular weight excluding hydrogens is 354 g/mol. The molecule has 1 fully saturated rings. The molecule has 0 radical (unpaired) electrons. The molecule has 1 saturated heterocycles. The van der Waals surface area contributed by atoms with Crippen LogP contribution in [-0.4, -0.2) is 69.1 Å². The lowest BCUT2D eigenvalue weighted by Gasteiger charge is -2.32. The van der Waals surface area contributed by atoms with Crippen molar-refractivity contribution in [2.75, 3.05) is 33.3 Å². The van der Waals surface area contributed by atoms with Gasteiger partial charge in [-0.2, -0.15) is 0 Å². The molecular formula is C21H31N5O2. The molecule has 0 unspecified atom stereocenters. The molecule has 1 aromatic carbocycles. The Morgan fingerprint density at radius 2 is 2.07 bits per heavy atom. The third-order valence-corrected chi connectivity index (χ3v) is 5.42. The molecule has 152 valence electrons. The van der Waals surface area contributed by atoms with E-state index in [2.05, 4.69) is 53.3 Å². The minimum Gasteiger partial charge on any atom is -0.395 e. The highest BCUT2D eigenvalue weighted by Crippen LogP contribution is 2.23. The summed E-state index contributed by atoms with van der Waals surface area (Å²) in [5, 5.41) is 17.3. The number of piperidine rings is 1. The first-order chi connectivity index (χ1) is 13.5. The standard InChI is InChI=1S/C21H31N5O2/c1-16(2)18-8-6-17(7-9-18)13-25-10-4-5-19(14-25)26-15-20(22-23-26)21(28)24(3)11-12-27/h6-9,15-16,19,27H,4-5,10-14H2,1-3H3/t19-/m0/s1. The molecule has 1 aliphatic heterocycles. The van der Waals surface area contributed by atoms with E-state index in [1.807, 2.05) is 4.68 Å². The average molecular weight is 386 g/mol. The van der Waals surface area contributed by atoms with Crippen LogP contribution in [0, 0.1) is 0 Å². The van der Waals surface area contributed by atoms with Gasteiger partial charge in [-0.15, -0.1) is 5.10 Å². The zero-order valence-electron chi connectivity index (χ0n) is 17.1. The summed E-state index contributed by atoms with van der Waals surface area (Å²) in [6.45, 7) is 7.54. The second-order valence-electron chi connectivity index (χ2n) is 7.96. The maximum Gasteiger partial charge on any atom is 0.275 e. The lowest BCUT2D eigenvalue weighted by atomic mass is 10.0. The van der Waals surface area contributed by atoms with Crippen molar-refractivity contribution in [1.82, 2.24) is 24.8 Å². The summed E-state index contributed by atoms with van der Waals surface area (Å²) >= 11 is 0. The summed E-state index contributed by atoms with van der Waals surface area (Å²) in [5.74, 6) is 0.340. The van der Waals surface area contributed by atoms with Gasteiger partial charge < -0.3 is 10.0 Å². The van der Waals surface area contributed by atoms with Crippen molar-refractivity contribution >= 4 is 5.91 Å². The smallest absolute Gasteiger partial charge is 0.275 e. The number of carbonyl (C=O) groups is 1. The predicted octanol–water partition coefficient (Wildman–Crippen LogP) is 2.30. The van der Waals surface area contributed by atoms with Crippen LogP contribution in [0.4, 0.5) is 0 Å². The number of benzene rings is 1. The number of nitrogens with zero attached hydrogens (tertiary/aromatic N) is 5. The number of carbonyl (C=O) groups excluding carboxylic acids is 1. The van der Waals surface area contributed by atoms with Crippen molar-refractivity contribution in [3.63, 3.8) is 0 Å². The van der Waals surface area contributed by atoms with Gasteiger partial charge in [0.2, 0.25) is 0 Å². The Labute approximate surface area is 166 Å². The van der Waals surface area contributed by atoms with Gasteiger partial charge in [-0.3, -0.25) is 9.69 Å². The summed E-state index contributed by atoms with van der Waals surface area (Å²) < 4.78 is 1.83. The van der Waals surface area contributed by atoms with E-state index >= 15 is 0 Å². The Kier molecular flexibility index (Phi) is 6.80. The minimum atomic E-state index is -0.210. The van der Waals surface area contributed by atoms with E-state index in [4.69, 9.17) is 5.11 Å². The molecule has 7 nitrogen and oxygen atoms in total. The first kappa shape index (κ1) is 20.5. The predicted molar refractivity (Wildman–Crippen MR) is 108 cm³/mol. The minimum absolute atomic E-state index is 0.0634. The Hall–Kier alpha value is -2.25. The van der Waals surface area contributed by atoms with Crippen molar-refractivity contribution in [1.29, 1.82) is 0 Å². The number of hydrogen-bond donors (Lipinski definition) is 1. The first-order valence-corrected chi connectivity index (χ1v) is 10.1. The quantitative estimate of drug-likeness (QED) is 0.792. The molecule has 3 rings (SSSR count). The van der Waals surface area contributed by atoms with E-state index in [0.717, 1.165) is 32.5 Å². The highest BCUT2D eigenvalue weighted by Gasteiger charge is 2.24. The molecule has 0 aliphatic carbocycles. The van der Waals surface area contributed by atoms with Gasteiger partial charge in [-0.25, -0.2) is 4.68 Å². The summed E-state index contributed by atoms with van der Waals surface area (Å²) in [7, 11) is 1.66. The van der Waals surface area contributed by atoms with Crippen LogP contribution in [0.25, 0.3) is 0 Å². The second kappa shape index (κ2) is 9.30. The molecule has 1 aromatic heterocycles. The number of likely N-dealkylation sites (tertiary alicyclic amines) is 1. The van der Waals surface area contributed by atoms with Crippen molar-refractivity contribution in [2.45, 2.75) is 45.2 Å².